The molecule has 4 nitrogen and oxygen atoms in total. The van der Waals surface area contributed by atoms with Crippen LogP contribution in [-0.4, -0.2) is 25.7 Å². The fourth-order valence-electron chi connectivity index (χ4n) is 1.89. The second kappa shape index (κ2) is 8.60. The van der Waals surface area contributed by atoms with E-state index in [9.17, 15) is 4.79 Å². The molecule has 1 aromatic carbocycles. The normalized spacial score (nSPS) is 10.6. The van der Waals surface area contributed by atoms with Crippen LogP contribution in [0, 0.1) is 11.3 Å². The number of benzene rings is 1. The number of nitrogens with zero attached hydrogens (tertiary/aromatic N) is 2. The van der Waals surface area contributed by atoms with Gasteiger partial charge in [-0.25, -0.2) is 4.79 Å². The van der Waals surface area contributed by atoms with Crippen LogP contribution in [0.4, 0.5) is 5.69 Å². The van der Waals surface area contributed by atoms with Crippen LogP contribution in [-0.2, 0) is 9.53 Å². The van der Waals surface area contributed by atoms with Crippen LogP contribution in [0.15, 0.2) is 42.5 Å². The molecule has 0 bridgehead atoms. The summed E-state index contributed by atoms with van der Waals surface area (Å²) in [5.41, 5.74) is 1.88. The second-order valence-electron chi connectivity index (χ2n) is 4.32. The zero-order chi connectivity index (χ0) is 15.7. The quantitative estimate of drug-likeness (QED) is 0.334. The third-order valence-corrected chi connectivity index (χ3v) is 3.01. The summed E-state index contributed by atoms with van der Waals surface area (Å²) in [5, 5.41) is 9.02. The lowest BCUT2D eigenvalue weighted by molar-refractivity contribution is -0.137. The average molecular weight is 284 g/mol. The number of carbonyl (C=O) groups excluding carboxylic acids is 1. The Morgan fingerprint density at radius 2 is 1.95 bits per heavy atom. The largest absolute Gasteiger partial charge is 0.457 e. The molecule has 0 aliphatic rings. The molecule has 0 fully saturated rings. The summed E-state index contributed by atoms with van der Waals surface area (Å²) < 4.78 is 4.86. The van der Waals surface area contributed by atoms with E-state index in [0.717, 1.165) is 24.3 Å². The Labute approximate surface area is 125 Å². The van der Waals surface area contributed by atoms with Gasteiger partial charge in [0.2, 0.25) is 0 Å². The molecule has 1 aromatic rings. The van der Waals surface area contributed by atoms with E-state index >= 15 is 0 Å². The predicted molar refractivity (Wildman–Crippen MR) is 84.7 cm³/mol. The van der Waals surface area contributed by atoms with Gasteiger partial charge in [0.1, 0.15) is 18.2 Å². The van der Waals surface area contributed by atoms with E-state index in [-0.39, 0.29) is 12.2 Å². The second-order valence-corrected chi connectivity index (χ2v) is 4.32. The summed E-state index contributed by atoms with van der Waals surface area (Å²) in [5.74, 6) is -0.634. The number of hydrogen-bond acceptors (Lipinski definition) is 4. The molecule has 0 aromatic heterocycles. The maximum absolute atomic E-state index is 11.6. The standard InChI is InChI=1S/C17H20N2O2/c1-4-11-21-17(20)15(13-18)12-14-7-9-16(10-8-14)19(5-2)6-3/h4,7-10,12H,1,5-6,11H2,2-3H3. The molecule has 0 spiro atoms. The van der Waals surface area contributed by atoms with E-state index in [1.807, 2.05) is 30.3 Å². The van der Waals surface area contributed by atoms with Gasteiger partial charge >= 0.3 is 5.97 Å². The van der Waals surface area contributed by atoms with Gasteiger partial charge in [0.25, 0.3) is 0 Å². The molecule has 0 saturated carbocycles. The highest BCUT2D eigenvalue weighted by molar-refractivity contribution is 5.97. The highest BCUT2D eigenvalue weighted by Crippen LogP contribution is 2.16. The van der Waals surface area contributed by atoms with Crippen molar-refractivity contribution in [2.45, 2.75) is 13.8 Å². The van der Waals surface area contributed by atoms with Gasteiger partial charge in [0.15, 0.2) is 0 Å². The molecule has 110 valence electrons. The Morgan fingerprint density at radius 1 is 1.33 bits per heavy atom. The highest BCUT2D eigenvalue weighted by atomic mass is 16.5. The zero-order valence-electron chi connectivity index (χ0n) is 12.5. The molecule has 0 aliphatic heterocycles. The smallest absolute Gasteiger partial charge is 0.349 e. The van der Waals surface area contributed by atoms with Crippen molar-refractivity contribution in [2.75, 3.05) is 24.6 Å². The fourth-order valence-corrected chi connectivity index (χ4v) is 1.89. The van der Waals surface area contributed by atoms with E-state index in [1.165, 1.54) is 12.2 Å². The summed E-state index contributed by atoms with van der Waals surface area (Å²) in [6, 6.07) is 9.57. The van der Waals surface area contributed by atoms with Crippen LogP contribution in [0.3, 0.4) is 0 Å². The average Bonchev–Trinajstić information content (AvgIpc) is 2.52. The Bertz CT molecular complexity index is 549. The number of nitriles is 1. The monoisotopic (exact) mass is 284 g/mol. The van der Waals surface area contributed by atoms with Gasteiger partial charge in [0, 0.05) is 18.8 Å². The number of rotatable bonds is 7. The Kier molecular flexibility index (Phi) is 6.76. The first-order chi connectivity index (χ1) is 10.2. The van der Waals surface area contributed by atoms with Gasteiger partial charge in [-0.15, -0.1) is 0 Å². The van der Waals surface area contributed by atoms with Crippen molar-refractivity contribution in [2.24, 2.45) is 0 Å². The minimum absolute atomic E-state index is 0.0209. The lowest BCUT2D eigenvalue weighted by Crippen LogP contribution is -2.21. The summed E-state index contributed by atoms with van der Waals surface area (Å²) in [6.45, 7) is 9.62. The van der Waals surface area contributed by atoms with Crippen LogP contribution in [0.25, 0.3) is 6.08 Å². The van der Waals surface area contributed by atoms with Crippen molar-refractivity contribution < 1.29 is 9.53 Å². The molecular weight excluding hydrogens is 264 g/mol. The molecular formula is C17H20N2O2. The van der Waals surface area contributed by atoms with Crippen LogP contribution < -0.4 is 4.90 Å². The first-order valence-corrected chi connectivity index (χ1v) is 6.91. The van der Waals surface area contributed by atoms with Crippen LogP contribution in [0.1, 0.15) is 19.4 Å². The lowest BCUT2D eigenvalue weighted by atomic mass is 10.1. The Hall–Kier alpha value is -2.54. The first-order valence-electron chi connectivity index (χ1n) is 6.91. The van der Waals surface area contributed by atoms with E-state index in [4.69, 9.17) is 10.00 Å². The molecule has 4 heteroatoms. The maximum atomic E-state index is 11.6. The highest BCUT2D eigenvalue weighted by Gasteiger charge is 2.10. The van der Waals surface area contributed by atoms with Crippen LogP contribution >= 0.6 is 0 Å². The SMILES string of the molecule is C=CCOC(=O)C(C#N)=Cc1ccc(N(CC)CC)cc1. The minimum Gasteiger partial charge on any atom is -0.457 e. The number of hydrogen-bond donors (Lipinski definition) is 0. The zero-order valence-corrected chi connectivity index (χ0v) is 12.5. The molecule has 0 atom stereocenters. The van der Waals surface area contributed by atoms with E-state index in [2.05, 4.69) is 25.3 Å². The van der Waals surface area contributed by atoms with Crippen molar-refractivity contribution in [3.63, 3.8) is 0 Å². The number of esters is 1. The third-order valence-electron chi connectivity index (χ3n) is 3.01. The van der Waals surface area contributed by atoms with Gasteiger partial charge in [-0.2, -0.15) is 5.26 Å². The van der Waals surface area contributed by atoms with Gasteiger partial charge in [0.05, 0.1) is 0 Å². The molecule has 0 radical (unpaired) electrons. The van der Waals surface area contributed by atoms with E-state index < -0.39 is 5.97 Å². The molecule has 0 aliphatic carbocycles. The molecule has 21 heavy (non-hydrogen) atoms. The number of anilines is 1. The summed E-state index contributed by atoms with van der Waals surface area (Å²) in [6.07, 6.45) is 2.99. The number of ether oxygens (including phenoxy) is 1. The summed E-state index contributed by atoms with van der Waals surface area (Å²) >= 11 is 0. The molecule has 0 unspecified atom stereocenters. The third kappa shape index (κ3) is 4.81. The van der Waals surface area contributed by atoms with Crippen molar-refractivity contribution in [3.8, 4) is 6.07 Å². The molecule has 0 saturated heterocycles. The maximum Gasteiger partial charge on any atom is 0.349 e. The molecule has 0 amide bonds. The molecule has 1 rings (SSSR count). The van der Waals surface area contributed by atoms with Gasteiger partial charge in [-0.3, -0.25) is 0 Å². The van der Waals surface area contributed by atoms with Gasteiger partial charge < -0.3 is 9.64 Å². The summed E-state index contributed by atoms with van der Waals surface area (Å²) in [7, 11) is 0. The minimum atomic E-state index is -0.634. The van der Waals surface area contributed by atoms with Crippen molar-refractivity contribution in [1.82, 2.24) is 0 Å². The van der Waals surface area contributed by atoms with Gasteiger partial charge in [-0.05, 0) is 37.6 Å². The molecule has 0 N–H and O–H groups in total. The van der Waals surface area contributed by atoms with E-state index in [1.54, 1.807) is 0 Å². The number of carbonyl (C=O) groups is 1. The molecule has 0 heterocycles. The van der Waals surface area contributed by atoms with Crippen LogP contribution in [0.2, 0.25) is 0 Å². The van der Waals surface area contributed by atoms with Crippen LogP contribution in [0.5, 0.6) is 0 Å². The van der Waals surface area contributed by atoms with Crippen molar-refractivity contribution in [1.29, 1.82) is 5.26 Å². The van der Waals surface area contributed by atoms with E-state index in [0.29, 0.717) is 0 Å². The predicted octanol–water partition coefficient (Wildman–Crippen LogP) is 3.17. The van der Waals surface area contributed by atoms with Gasteiger partial charge in [-0.1, -0.05) is 24.8 Å². The topological polar surface area (TPSA) is 53.3 Å². The fraction of sp³-hybridized carbons (Fsp3) is 0.294. The Balaban J connectivity index is 2.90. The van der Waals surface area contributed by atoms with Crippen molar-refractivity contribution in [3.05, 3.63) is 48.1 Å². The lowest BCUT2D eigenvalue weighted by Gasteiger charge is -2.20. The first kappa shape index (κ1) is 16.5. The Morgan fingerprint density at radius 3 is 2.43 bits per heavy atom. The van der Waals surface area contributed by atoms with Crippen molar-refractivity contribution >= 4 is 17.7 Å². The summed E-state index contributed by atoms with van der Waals surface area (Å²) in [4.78, 5) is 13.9.